The van der Waals surface area contributed by atoms with Crippen LogP contribution in [0.15, 0.2) is 4.79 Å². The maximum Gasteiger partial charge on any atom is 0.326 e. The van der Waals surface area contributed by atoms with E-state index in [-0.39, 0.29) is 17.6 Å². The second-order valence-corrected chi connectivity index (χ2v) is 2.99. The summed E-state index contributed by atoms with van der Waals surface area (Å²) in [5.41, 5.74) is 0.230. The van der Waals surface area contributed by atoms with Crippen LogP contribution in [0.2, 0.25) is 0 Å². The molecule has 1 aliphatic heterocycles. The lowest BCUT2D eigenvalue weighted by Crippen LogP contribution is -2.14. The van der Waals surface area contributed by atoms with Crippen molar-refractivity contribution in [3.8, 4) is 5.88 Å². The Bertz CT molecular complexity index is 322. The van der Waals surface area contributed by atoms with E-state index in [4.69, 9.17) is 0 Å². The Kier molecular flexibility index (Phi) is 1.65. The zero-order chi connectivity index (χ0) is 8.55. The Morgan fingerprint density at radius 1 is 1.42 bits per heavy atom. The van der Waals surface area contributed by atoms with Crippen LogP contribution in [0.1, 0.15) is 24.6 Å². The summed E-state index contributed by atoms with van der Waals surface area (Å²) in [6.45, 7) is 0.942. The van der Waals surface area contributed by atoms with Crippen LogP contribution in [0.25, 0.3) is 0 Å². The van der Waals surface area contributed by atoms with Crippen molar-refractivity contribution in [2.75, 3.05) is 6.54 Å². The monoisotopic (exact) mass is 169 g/mol. The molecule has 0 amide bonds. The van der Waals surface area contributed by atoms with E-state index in [2.05, 4.69) is 15.3 Å². The average molecular weight is 169 g/mol. The molecule has 5 heteroatoms. The Morgan fingerprint density at radius 2 is 2.25 bits per heavy atom. The number of rotatable bonds is 1. The quantitative estimate of drug-likeness (QED) is 0.471. The molecule has 1 fully saturated rings. The number of nitrogens with one attached hydrogen (secondary N) is 3. The molecule has 2 rings (SSSR count). The van der Waals surface area contributed by atoms with Crippen molar-refractivity contribution in [1.29, 1.82) is 0 Å². The molecule has 2 heterocycles. The topological polar surface area (TPSA) is 80.9 Å². The highest BCUT2D eigenvalue weighted by atomic mass is 16.3. The molecule has 0 spiro atoms. The third-order valence-corrected chi connectivity index (χ3v) is 2.14. The number of hydrogen-bond donors (Lipinski definition) is 4. The van der Waals surface area contributed by atoms with Gasteiger partial charge in [0.2, 0.25) is 5.88 Å². The highest BCUT2D eigenvalue weighted by Crippen LogP contribution is 2.25. The first-order chi connectivity index (χ1) is 5.77. The van der Waals surface area contributed by atoms with Gasteiger partial charge < -0.3 is 15.4 Å². The highest BCUT2D eigenvalue weighted by molar-refractivity contribution is 5.20. The number of H-pyrrole nitrogens is 2. The molecule has 1 aromatic heterocycles. The van der Waals surface area contributed by atoms with Gasteiger partial charge in [0.05, 0.1) is 11.7 Å². The maximum atomic E-state index is 10.8. The molecular weight excluding hydrogens is 158 g/mol. The highest BCUT2D eigenvalue weighted by Gasteiger charge is 2.21. The van der Waals surface area contributed by atoms with Gasteiger partial charge in [-0.25, -0.2) is 4.79 Å². The summed E-state index contributed by atoms with van der Waals surface area (Å²) in [5, 5.41) is 12.4. The predicted molar refractivity (Wildman–Crippen MR) is 43.1 cm³/mol. The number of aromatic amines is 2. The number of aromatic hydroxyl groups is 1. The van der Waals surface area contributed by atoms with Crippen molar-refractivity contribution in [3.05, 3.63) is 16.2 Å². The lowest BCUT2D eigenvalue weighted by Gasteiger charge is -2.06. The zero-order valence-electron chi connectivity index (χ0n) is 6.55. The first-order valence-corrected chi connectivity index (χ1v) is 4.02. The maximum absolute atomic E-state index is 10.8. The lowest BCUT2D eigenvalue weighted by atomic mass is 10.2. The van der Waals surface area contributed by atoms with Crippen molar-refractivity contribution in [2.45, 2.75) is 18.9 Å². The predicted octanol–water partition coefficient (Wildman–Crippen LogP) is -0.167. The SMILES string of the molecule is O=c1[nH]c(O)c([C@H]2CCCN2)[nH]1. The second kappa shape index (κ2) is 2.67. The minimum Gasteiger partial charge on any atom is -0.493 e. The van der Waals surface area contributed by atoms with Gasteiger partial charge in [0.25, 0.3) is 0 Å². The van der Waals surface area contributed by atoms with E-state index in [1.807, 2.05) is 0 Å². The van der Waals surface area contributed by atoms with Gasteiger partial charge in [0, 0.05) is 0 Å². The number of imidazole rings is 1. The number of hydrogen-bond acceptors (Lipinski definition) is 3. The fourth-order valence-electron chi connectivity index (χ4n) is 1.57. The summed E-state index contributed by atoms with van der Waals surface area (Å²) >= 11 is 0. The lowest BCUT2D eigenvalue weighted by molar-refractivity contribution is 0.438. The normalized spacial score (nSPS) is 23.2. The fourth-order valence-corrected chi connectivity index (χ4v) is 1.57. The zero-order valence-corrected chi connectivity index (χ0v) is 6.55. The Hall–Kier alpha value is -1.23. The molecular formula is C7H11N3O2. The summed E-state index contributed by atoms with van der Waals surface area (Å²) in [6.07, 6.45) is 2.04. The molecule has 0 unspecified atom stereocenters. The smallest absolute Gasteiger partial charge is 0.326 e. The average Bonchev–Trinajstić information content (AvgIpc) is 2.58. The van der Waals surface area contributed by atoms with Crippen LogP contribution in [0.4, 0.5) is 0 Å². The summed E-state index contributed by atoms with van der Waals surface area (Å²) in [7, 11) is 0. The molecule has 1 atom stereocenters. The van der Waals surface area contributed by atoms with Crippen LogP contribution >= 0.6 is 0 Å². The van der Waals surface area contributed by atoms with Crippen molar-refractivity contribution in [2.24, 2.45) is 0 Å². The summed E-state index contributed by atoms with van der Waals surface area (Å²) in [5.74, 6) is -0.0422. The van der Waals surface area contributed by atoms with E-state index in [0.29, 0.717) is 5.69 Å². The molecule has 0 aliphatic carbocycles. The minimum atomic E-state index is -0.351. The van der Waals surface area contributed by atoms with Crippen molar-refractivity contribution in [3.63, 3.8) is 0 Å². The molecule has 12 heavy (non-hydrogen) atoms. The van der Waals surface area contributed by atoms with E-state index in [1.165, 1.54) is 0 Å². The first kappa shape index (κ1) is 7.42. The third-order valence-electron chi connectivity index (χ3n) is 2.14. The largest absolute Gasteiger partial charge is 0.493 e. The van der Waals surface area contributed by atoms with Crippen molar-refractivity contribution in [1.82, 2.24) is 15.3 Å². The second-order valence-electron chi connectivity index (χ2n) is 2.99. The standard InChI is InChI=1S/C7H11N3O2/c11-6-5(9-7(12)10-6)4-2-1-3-8-4/h4,8,11H,1-3H2,(H2,9,10,12)/t4-/m1/s1. The van der Waals surface area contributed by atoms with Crippen molar-refractivity contribution < 1.29 is 5.11 Å². The molecule has 66 valence electrons. The minimum absolute atomic E-state index is 0.0422. The summed E-state index contributed by atoms with van der Waals surface area (Å²) in [4.78, 5) is 15.6. The van der Waals surface area contributed by atoms with Gasteiger partial charge in [-0.1, -0.05) is 0 Å². The van der Waals surface area contributed by atoms with Gasteiger partial charge in [-0.05, 0) is 19.4 Å². The molecule has 0 saturated carbocycles. The van der Waals surface area contributed by atoms with E-state index in [9.17, 15) is 9.90 Å². The molecule has 1 aliphatic rings. The molecule has 4 N–H and O–H groups in total. The van der Waals surface area contributed by atoms with Gasteiger partial charge in [-0.3, -0.25) is 4.98 Å². The van der Waals surface area contributed by atoms with Gasteiger partial charge in [0.1, 0.15) is 0 Å². The Balaban J connectivity index is 2.31. The van der Waals surface area contributed by atoms with Crippen LogP contribution < -0.4 is 11.0 Å². The van der Waals surface area contributed by atoms with E-state index < -0.39 is 0 Å². The molecule has 0 aromatic carbocycles. The van der Waals surface area contributed by atoms with Crippen LogP contribution in [-0.2, 0) is 0 Å². The van der Waals surface area contributed by atoms with Crippen LogP contribution in [-0.4, -0.2) is 21.6 Å². The van der Waals surface area contributed by atoms with Crippen molar-refractivity contribution >= 4 is 0 Å². The van der Waals surface area contributed by atoms with Gasteiger partial charge in [0.15, 0.2) is 0 Å². The molecule has 5 nitrogen and oxygen atoms in total. The summed E-state index contributed by atoms with van der Waals surface area (Å²) in [6, 6.07) is 0.101. The molecule has 1 saturated heterocycles. The van der Waals surface area contributed by atoms with Crippen LogP contribution in [0, 0.1) is 0 Å². The molecule has 1 aromatic rings. The third kappa shape index (κ3) is 1.12. The number of aromatic nitrogens is 2. The van der Waals surface area contributed by atoms with Crippen LogP contribution in [0.5, 0.6) is 5.88 Å². The molecule has 0 bridgehead atoms. The van der Waals surface area contributed by atoms with Crippen LogP contribution in [0.3, 0.4) is 0 Å². The fraction of sp³-hybridized carbons (Fsp3) is 0.571. The van der Waals surface area contributed by atoms with Gasteiger partial charge in [-0.15, -0.1) is 0 Å². The van der Waals surface area contributed by atoms with Gasteiger partial charge in [-0.2, -0.15) is 0 Å². The summed E-state index contributed by atoms with van der Waals surface area (Å²) < 4.78 is 0. The van der Waals surface area contributed by atoms with E-state index in [0.717, 1.165) is 19.4 Å². The Labute approximate surface area is 68.8 Å². The first-order valence-electron chi connectivity index (χ1n) is 4.02. The Morgan fingerprint density at radius 3 is 2.75 bits per heavy atom. The van der Waals surface area contributed by atoms with Gasteiger partial charge >= 0.3 is 5.69 Å². The van der Waals surface area contributed by atoms with E-state index >= 15 is 0 Å². The van der Waals surface area contributed by atoms with E-state index in [1.54, 1.807) is 0 Å². The molecule has 0 radical (unpaired) electrons.